The molecular weight excluding hydrogens is 269 g/mol. The lowest BCUT2D eigenvalue weighted by Crippen LogP contribution is -2.26. The minimum Gasteiger partial charge on any atom is -0.756 e. The molecule has 0 radical (unpaired) electrons. The summed E-state index contributed by atoms with van der Waals surface area (Å²) < 4.78 is 10.6. The SMILES string of the molecule is O=C(CCc1ccccc1)N([O-])CCCP(=O)(O)O. The van der Waals surface area contributed by atoms with E-state index in [-0.39, 0.29) is 30.6 Å². The van der Waals surface area contributed by atoms with Gasteiger partial charge < -0.3 is 20.1 Å². The minimum absolute atomic E-state index is 0.00482. The third kappa shape index (κ3) is 7.08. The first kappa shape index (κ1) is 15.9. The number of amides is 1. The van der Waals surface area contributed by atoms with Gasteiger partial charge in [0.1, 0.15) is 0 Å². The van der Waals surface area contributed by atoms with Gasteiger partial charge in [-0.05, 0) is 18.4 Å². The molecule has 1 aromatic carbocycles. The van der Waals surface area contributed by atoms with Crippen LogP contribution >= 0.6 is 7.60 Å². The monoisotopic (exact) mass is 286 g/mol. The first-order valence-electron chi connectivity index (χ1n) is 5.94. The normalized spacial score (nSPS) is 11.3. The second-order valence-corrected chi connectivity index (χ2v) is 6.00. The molecule has 106 valence electrons. The fourth-order valence-corrected chi connectivity index (χ4v) is 2.12. The van der Waals surface area contributed by atoms with E-state index in [1.165, 1.54) is 0 Å². The van der Waals surface area contributed by atoms with Gasteiger partial charge in [0, 0.05) is 13.0 Å². The molecule has 0 unspecified atom stereocenters. The van der Waals surface area contributed by atoms with E-state index in [1.54, 1.807) is 0 Å². The Morgan fingerprint density at radius 2 is 1.89 bits per heavy atom. The molecule has 0 aliphatic carbocycles. The average molecular weight is 286 g/mol. The summed E-state index contributed by atoms with van der Waals surface area (Å²) in [5.41, 5.74) is 0.972. The molecule has 0 aliphatic heterocycles. The molecule has 1 amide bonds. The average Bonchev–Trinajstić information content (AvgIpc) is 2.35. The number of carbonyl (C=O) groups is 1. The van der Waals surface area contributed by atoms with E-state index in [0.717, 1.165) is 5.56 Å². The van der Waals surface area contributed by atoms with Crippen molar-refractivity contribution in [1.29, 1.82) is 0 Å². The smallest absolute Gasteiger partial charge is 0.325 e. The first-order chi connectivity index (χ1) is 8.88. The zero-order chi connectivity index (χ0) is 14.3. The van der Waals surface area contributed by atoms with E-state index in [9.17, 15) is 14.6 Å². The zero-order valence-electron chi connectivity index (χ0n) is 10.4. The maximum Gasteiger partial charge on any atom is 0.325 e. The number of benzene rings is 1. The number of hydrogen-bond acceptors (Lipinski definition) is 3. The summed E-state index contributed by atoms with van der Waals surface area (Å²) in [7, 11) is -4.09. The maximum atomic E-state index is 11.5. The van der Waals surface area contributed by atoms with E-state index >= 15 is 0 Å². The highest BCUT2D eigenvalue weighted by molar-refractivity contribution is 7.51. The Labute approximate surface area is 111 Å². The number of aryl methyl sites for hydroxylation is 1. The molecule has 0 saturated carbocycles. The fourth-order valence-electron chi connectivity index (χ4n) is 1.57. The Hall–Kier alpha value is -1.20. The predicted molar refractivity (Wildman–Crippen MR) is 71.4 cm³/mol. The van der Waals surface area contributed by atoms with E-state index in [1.807, 2.05) is 30.3 Å². The molecule has 0 heterocycles. The molecule has 0 fully saturated rings. The van der Waals surface area contributed by atoms with Crippen LogP contribution in [-0.2, 0) is 15.8 Å². The third-order valence-corrected chi connectivity index (χ3v) is 3.46. The van der Waals surface area contributed by atoms with Gasteiger partial charge in [-0.15, -0.1) is 0 Å². The van der Waals surface area contributed by atoms with Gasteiger partial charge in [0.15, 0.2) is 0 Å². The lowest BCUT2D eigenvalue weighted by Gasteiger charge is -2.28. The summed E-state index contributed by atoms with van der Waals surface area (Å²) in [5, 5.41) is 11.6. The molecule has 1 rings (SSSR count). The molecule has 0 aliphatic rings. The van der Waals surface area contributed by atoms with Crippen molar-refractivity contribution in [2.75, 3.05) is 12.7 Å². The standard InChI is InChI=1S/C12H17NO5P/c14-12(8-7-11-5-2-1-3-6-11)13(15)9-4-10-19(16,17)18/h1-3,5-6H,4,7-10H2,(H2,16,17,18)/q-1. The van der Waals surface area contributed by atoms with Crippen LogP contribution in [0, 0.1) is 5.21 Å². The highest BCUT2D eigenvalue weighted by Gasteiger charge is 2.12. The molecule has 7 heteroatoms. The highest BCUT2D eigenvalue weighted by Crippen LogP contribution is 2.34. The molecule has 0 atom stereocenters. The Morgan fingerprint density at radius 1 is 1.26 bits per heavy atom. The molecule has 2 N–H and O–H groups in total. The predicted octanol–water partition coefficient (Wildman–Crippen LogP) is 1.51. The van der Waals surface area contributed by atoms with E-state index in [4.69, 9.17) is 9.79 Å². The Balaban J connectivity index is 2.27. The summed E-state index contributed by atoms with van der Waals surface area (Å²) >= 11 is 0. The maximum absolute atomic E-state index is 11.5. The van der Waals surface area contributed by atoms with E-state index in [2.05, 4.69) is 0 Å². The van der Waals surface area contributed by atoms with Gasteiger partial charge in [-0.2, -0.15) is 0 Å². The first-order valence-corrected chi connectivity index (χ1v) is 7.74. The molecule has 6 nitrogen and oxygen atoms in total. The summed E-state index contributed by atoms with van der Waals surface area (Å²) in [4.78, 5) is 28.7. The quantitative estimate of drug-likeness (QED) is 0.584. The van der Waals surface area contributed by atoms with Crippen LogP contribution < -0.4 is 0 Å². The summed E-state index contributed by atoms with van der Waals surface area (Å²) in [6.45, 7) is -0.182. The second-order valence-electron chi connectivity index (χ2n) is 4.22. The van der Waals surface area contributed by atoms with Crippen LogP contribution in [0.5, 0.6) is 0 Å². The fraction of sp³-hybridized carbons (Fsp3) is 0.417. The van der Waals surface area contributed by atoms with E-state index < -0.39 is 13.5 Å². The van der Waals surface area contributed by atoms with Crippen molar-refractivity contribution in [1.82, 2.24) is 5.06 Å². The molecule has 0 saturated heterocycles. The van der Waals surface area contributed by atoms with Crippen LogP contribution in [0.4, 0.5) is 0 Å². The van der Waals surface area contributed by atoms with Crippen LogP contribution in [0.3, 0.4) is 0 Å². The number of hydroxylamine groups is 2. The number of nitrogens with zero attached hydrogens (tertiary/aromatic N) is 1. The second kappa shape index (κ2) is 7.40. The highest BCUT2D eigenvalue weighted by atomic mass is 31.2. The van der Waals surface area contributed by atoms with Crippen molar-refractivity contribution in [3.8, 4) is 0 Å². The van der Waals surface area contributed by atoms with Gasteiger partial charge in [-0.1, -0.05) is 30.3 Å². The largest absolute Gasteiger partial charge is 0.756 e. The third-order valence-electron chi connectivity index (χ3n) is 2.56. The van der Waals surface area contributed by atoms with Gasteiger partial charge >= 0.3 is 7.60 Å². The molecular formula is C12H17NO5P-. The molecule has 0 aromatic heterocycles. The van der Waals surface area contributed by atoms with Crippen molar-refractivity contribution < 1.29 is 19.1 Å². The van der Waals surface area contributed by atoms with Crippen molar-refractivity contribution in [2.24, 2.45) is 0 Å². The van der Waals surface area contributed by atoms with Crippen LogP contribution in [0.15, 0.2) is 30.3 Å². The van der Waals surface area contributed by atoms with Crippen molar-refractivity contribution in [3.63, 3.8) is 0 Å². The number of carbonyl (C=O) groups excluding carboxylic acids is 1. The molecule has 0 spiro atoms. The van der Waals surface area contributed by atoms with Crippen LogP contribution in [0.2, 0.25) is 0 Å². The van der Waals surface area contributed by atoms with Crippen LogP contribution in [0.1, 0.15) is 18.4 Å². The topological polar surface area (TPSA) is 101 Å². The van der Waals surface area contributed by atoms with Gasteiger partial charge in [-0.3, -0.25) is 9.36 Å². The Bertz CT molecular complexity index is 445. The Morgan fingerprint density at radius 3 is 2.47 bits per heavy atom. The summed E-state index contributed by atoms with van der Waals surface area (Å²) in [6.07, 6.45) is 0.211. The Kier molecular flexibility index (Phi) is 6.18. The van der Waals surface area contributed by atoms with Gasteiger partial charge in [-0.25, -0.2) is 0 Å². The van der Waals surface area contributed by atoms with Crippen molar-refractivity contribution in [3.05, 3.63) is 41.1 Å². The van der Waals surface area contributed by atoms with Crippen molar-refractivity contribution >= 4 is 13.5 Å². The molecule has 1 aromatic rings. The van der Waals surface area contributed by atoms with Crippen LogP contribution in [0.25, 0.3) is 0 Å². The number of hydrogen-bond donors (Lipinski definition) is 2. The van der Waals surface area contributed by atoms with Crippen molar-refractivity contribution in [2.45, 2.75) is 19.3 Å². The summed E-state index contributed by atoms with van der Waals surface area (Å²) in [6, 6.07) is 9.32. The van der Waals surface area contributed by atoms with Gasteiger partial charge in [0.25, 0.3) is 0 Å². The molecule has 19 heavy (non-hydrogen) atoms. The minimum atomic E-state index is -4.09. The lowest BCUT2D eigenvalue weighted by atomic mass is 10.1. The van der Waals surface area contributed by atoms with Gasteiger partial charge in [0.05, 0.1) is 6.16 Å². The van der Waals surface area contributed by atoms with Gasteiger partial charge in [0.2, 0.25) is 5.91 Å². The zero-order valence-corrected chi connectivity index (χ0v) is 11.3. The summed E-state index contributed by atoms with van der Waals surface area (Å²) in [5.74, 6) is -0.561. The van der Waals surface area contributed by atoms with Crippen LogP contribution in [-0.4, -0.2) is 33.5 Å². The van der Waals surface area contributed by atoms with E-state index in [0.29, 0.717) is 6.42 Å². The number of rotatable bonds is 7. The molecule has 0 bridgehead atoms. The lowest BCUT2D eigenvalue weighted by molar-refractivity contribution is -0.128.